The van der Waals surface area contributed by atoms with E-state index in [0.717, 1.165) is 0 Å². The van der Waals surface area contributed by atoms with Crippen molar-refractivity contribution in [3.63, 3.8) is 0 Å². The molecule has 0 unspecified atom stereocenters. The van der Waals surface area contributed by atoms with Crippen LogP contribution in [0, 0.1) is 0 Å². The van der Waals surface area contributed by atoms with Crippen molar-refractivity contribution in [3.8, 4) is 0 Å². The van der Waals surface area contributed by atoms with E-state index in [2.05, 4.69) is 15.4 Å². The van der Waals surface area contributed by atoms with Gasteiger partial charge in [0.1, 0.15) is 0 Å². The van der Waals surface area contributed by atoms with Crippen molar-refractivity contribution in [2.24, 2.45) is 0 Å². The Morgan fingerprint density at radius 1 is 1.20 bits per heavy atom. The molecule has 0 heterocycles. The summed E-state index contributed by atoms with van der Waals surface area (Å²) in [7, 11) is 0. The van der Waals surface area contributed by atoms with Gasteiger partial charge in [0.05, 0.1) is 0 Å². The van der Waals surface area contributed by atoms with E-state index in [1.807, 2.05) is 0 Å². The van der Waals surface area contributed by atoms with Crippen LogP contribution in [0.3, 0.4) is 0 Å². The van der Waals surface area contributed by atoms with Gasteiger partial charge in [-0.1, -0.05) is 0 Å². The molecule has 0 aromatic heterocycles. The first-order valence-corrected chi connectivity index (χ1v) is 0.532. The number of rotatable bonds is 0. The van der Waals surface area contributed by atoms with Crippen LogP contribution in [0.2, 0.25) is 0 Å². The molecule has 0 aliphatic heterocycles. The Morgan fingerprint density at radius 2 is 1.20 bits per heavy atom. The van der Waals surface area contributed by atoms with Crippen LogP contribution in [0.5, 0.6) is 0 Å². The fourth-order valence-electron chi connectivity index (χ4n) is 0. The summed E-state index contributed by atoms with van der Waals surface area (Å²) in [5.41, 5.74) is 0. The van der Waals surface area contributed by atoms with Gasteiger partial charge in [0.15, 0.2) is 0 Å². The standard InChI is InChI=1S/Co.Fe.Na.Ni.O.H. The molecule has 0 aromatic carbocycles. The van der Waals surface area contributed by atoms with E-state index in [4.69, 9.17) is 3.90 Å². The van der Waals surface area contributed by atoms with Crippen molar-refractivity contribution in [2.45, 2.75) is 0 Å². The maximum absolute atomic E-state index is 7.88. The minimum atomic E-state index is 0. The predicted molar refractivity (Wildman–Crippen MR) is 7.84 cm³/mol. The van der Waals surface area contributed by atoms with E-state index in [-0.39, 0.29) is 63.4 Å². The topological polar surface area (TPSA) is 17.1 Å². The third-order valence-corrected chi connectivity index (χ3v) is 0. The van der Waals surface area contributed by atoms with Crippen LogP contribution >= 0.6 is 0 Å². The van der Waals surface area contributed by atoms with Crippen molar-refractivity contribution in [1.29, 1.82) is 0 Å². The van der Waals surface area contributed by atoms with Gasteiger partial charge < -0.3 is 0 Å². The molecule has 0 amide bonds. The Balaban J connectivity index is -0.00000000167. The molecule has 0 N–H and O–H groups in total. The summed E-state index contributed by atoms with van der Waals surface area (Å²) in [6, 6.07) is 0. The van der Waals surface area contributed by atoms with Gasteiger partial charge >= 0.3 is 48.8 Å². The molecule has 0 aliphatic rings. The average Bonchev–Trinajstić information content (AvgIpc) is 1.00. The van der Waals surface area contributed by atoms with Gasteiger partial charge in [-0.05, 0) is 0 Å². The van der Waals surface area contributed by atoms with Gasteiger partial charge in [-0.2, -0.15) is 0 Å². The van der Waals surface area contributed by atoms with Gasteiger partial charge in [0, 0.05) is 33.8 Å². The summed E-state index contributed by atoms with van der Waals surface area (Å²) in [5, 5.41) is 0. The minimum absolute atomic E-state index is 0. The van der Waals surface area contributed by atoms with Crippen LogP contribution in [0.1, 0.15) is 0 Å². The normalized spacial score (nSPS) is 1.20. The zero-order valence-electron chi connectivity index (χ0n) is 1.41. The van der Waals surface area contributed by atoms with Crippen molar-refractivity contribution < 1.29 is 53.1 Å². The summed E-state index contributed by atoms with van der Waals surface area (Å²) in [6.45, 7) is 0. The second kappa shape index (κ2) is 33.2. The Morgan fingerprint density at radius 3 is 1.20 bits per heavy atom. The van der Waals surface area contributed by atoms with Crippen LogP contribution < -0.4 is 0 Å². The molecule has 0 aliphatic carbocycles. The zero-order chi connectivity index (χ0) is 2.00. The Labute approximate surface area is 81.5 Å². The summed E-state index contributed by atoms with van der Waals surface area (Å²) in [6.07, 6.45) is 0. The Hall–Kier alpha value is 2.32. The second-order valence-electron chi connectivity index (χ2n) is 0. The first-order valence-electron chi connectivity index (χ1n) is 0.129. The van der Waals surface area contributed by atoms with E-state index < -0.39 is 0 Å². The molecule has 1 radical (unpaired) electrons. The zero-order valence-corrected chi connectivity index (χ0v) is 4.54. The predicted octanol–water partition coefficient (Wildman–Crippen LogP) is -0.775. The maximum atomic E-state index is 7.88. The molecule has 0 saturated heterocycles. The summed E-state index contributed by atoms with van der Waals surface area (Å²) >= 11 is 2.62. The van der Waals surface area contributed by atoms with E-state index in [1.165, 1.54) is 0 Å². The SMILES string of the molecule is [Co].[Fe].[NaH].[O]=[Ni]. The monoisotopic (exact) mass is 213 g/mol. The summed E-state index contributed by atoms with van der Waals surface area (Å²) in [5.74, 6) is 0. The molecule has 35 valence electrons. The molecular formula is HCoFeNaNiO. The molecule has 0 rings (SSSR count). The average molecular weight is 213 g/mol. The first-order chi connectivity index (χ1) is 1.00. The van der Waals surface area contributed by atoms with E-state index in [0.29, 0.717) is 0 Å². The number of hydrogen-bond acceptors (Lipinski definition) is 1. The third kappa shape index (κ3) is 21.9. The van der Waals surface area contributed by atoms with Gasteiger partial charge in [0.25, 0.3) is 0 Å². The molecule has 0 aromatic rings. The fraction of sp³-hybridized carbons (Fsp3) is 0. The van der Waals surface area contributed by atoms with Crippen molar-refractivity contribution in [2.75, 3.05) is 0 Å². The Bertz CT molecular complexity index is 11.6. The first kappa shape index (κ1) is 26.5. The van der Waals surface area contributed by atoms with Crippen molar-refractivity contribution >= 4 is 29.6 Å². The molecule has 0 fully saturated rings. The van der Waals surface area contributed by atoms with Crippen molar-refractivity contribution in [3.05, 3.63) is 0 Å². The van der Waals surface area contributed by atoms with E-state index >= 15 is 0 Å². The molecule has 5 heavy (non-hydrogen) atoms. The van der Waals surface area contributed by atoms with Crippen LogP contribution in [0.15, 0.2) is 0 Å². The van der Waals surface area contributed by atoms with Crippen LogP contribution in [0.4, 0.5) is 0 Å². The third-order valence-electron chi connectivity index (χ3n) is 0. The van der Waals surface area contributed by atoms with Gasteiger partial charge in [-0.25, -0.2) is 0 Å². The van der Waals surface area contributed by atoms with Crippen LogP contribution in [-0.4, -0.2) is 29.6 Å². The van der Waals surface area contributed by atoms with E-state index in [9.17, 15) is 0 Å². The van der Waals surface area contributed by atoms with Gasteiger partial charge in [-0.3, -0.25) is 0 Å². The molecule has 5 heteroatoms. The number of hydrogen-bond donors (Lipinski definition) is 0. The molecule has 0 saturated carbocycles. The van der Waals surface area contributed by atoms with Gasteiger partial charge in [-0.15, -0.1) is 0 Å². The summed E-state index contributed by atoms with van der Waals surface area (Å²) in [4.78, 5) is 0. The summed E-state index contributed by atoms with van der Waals surface area (Å²) < 4.78 is 7.88. The molecule has 0 atom stereocenters. The van der Waals surface area contributed by atoms with Crippen LogP contribution in [0.25, 0.3) is 0 Å². The van der Waals surface area contributed by atoms with E-state index in [1.54, 1.807) is 0 Å². The van der Waals surface area contributed by atoms with Gasteiger partial charge in [0.2, 0.25) is 0 Å². The second-order valence-corrected chi connectivity index (χ2v) is 0. The molecular weight excluding hydrogens is 212 g/mol. The molecule has 0 spiro atoms. The Kier molecular flexibility index (Phi) is 176. The molecule has 0 bridgehead atoms. The van der Waals surface area contributed by atoms with Crippen LogP contribution in [-0.2, 0) is 53.1 Å². The quantitative estimate of drug-likeness (QED) is 0.483. The fourth-order valence-corrected chi connectivity index (χ4v) is 0. The van der Waals surface area contributed by atoms with Crippen molar-refractivity contribution in [1.82, 2.24) is 0 Å². The molecule has 1 nitrogen and oxygen atoms in total.